The second kappa shape index (κ2) is 6.33. The van der Waals surface area contributed by atoms with E-state index in [4.69, 9.17) is 4.42 Å². The Labute approximate surface area is 155 Å². The second-order valence-electron chi connectivity index (χ2n) is 7.20. The molecular weight excluding hydrogens is 347 g/mol. The summed E-state index contributed by atoms with van der Waals surface area (Å²) in [6, 6.07) is 7.93. The summed E-state index contributed by atoms with van der Waals surface area (Å²) in [4.78, 5) is 13.0. The summed E-state index contributed by atoms with van der Waals surface area (Å²) in [5.74, 6) is 0.688. The number of carbonyl (C=O) groups is 1. The van der Waals surface area contributed by atoms with E-state index in [1.165, 1.54) is 12.1 Å². The van der Waals surface area contributed by atoms with E-state index in [9.17, 15) is 9.18 Å². The maximum Gasteiger partial charge on any atom is 0.274 e. The summed E-state index contributed by atoms with van der Waals surface area (Å²) >= 11 is 0. The first-order valence-electron chi connectivity index (χ1n) is 9.29. The van der Waals surface area contributed by atoms with Crippen LogP contribution in [0.2, 0.25) is 0 Å². The van der Waals surface area contributed by atoms with Gasteiger partial charge in [-0.25, -0.2) is 9.07 Å². The zero-order valence-corrected chi connectivity index (χ0v) is 14.7. The van der Waals surface area contributed by atoms with Crippen molar-refractivity contribution in [2.75, 3.05) is 0 Å². The summed E-state index contributed by atoms with van der Waals surface area (Å²) in [5.41, 5.74) is 2.92. The quantitative estimate of drug-likeness (QED) is 0.764. The van der Waals surface area contributed by atoms with Gasteiger partial charge in [0.25, 0.3) is 5.91 Å². The van der Waals surface area contributed by atoms with Crippen molar-refractivity contribution in [3.8, 4) is 5.69 Å². The number of aryl methyl sites for hydroxylation is 1. The second-order valence-corrected chi connectivity index (χ2v) is 7.20. The molecule has 1 atom stereocenters. The van der Waals surface area contributed by atoms with Crippen molar-refractivity contribution in [3.63, 3.8) is 0 Å². The number of nitrogens with zero attached hydrogens (tertiary/aromatic N) is 3. The smallest absolute Gasteiger partial charge is 0.274 e. The fraction of sp³-hybridized carbons (Fsp3) is 0.350. The Hall–Kier alpha value is -2.96. The van der Waals surface area contributed by atoms with E-state index < -0.39 is 0 Å². The Morgan fingerprint density at radius 1 is 1.19 bits per heavy atom. The van der Waals surface area contributed by atoms with E-state index in [2.05, 4.69) is 15.6 Å². The molecule has 2 aliphatic rings. The molecule has 7 heteroatoms. The summed E-state index contributed by atoms with van der Waals surface area (Å²) in [6.07, 6.45) is 6.44. The van der Waals surface area contributed by atoms with Crippen LogP contribution in [0.5, 0.6) is 0 Å². The van der Waals surface area contributed by atoms with Crippen LogP contribution < -0.4 is 5.32 Å². The van der Waals surface area contributed by atoms with E-state index in [0.717, 1.165) is 49.1 Å². The number of benzene rings is 1. The standard InChI is InChI=1S/C20H19FN4O2/c21-13-6-8-14(9-7-13)25-19(12-4-5-12)18(23-24-25)20(26)22-16-2-1-3-17-15(16)10-11-27-17/h6-12,16H,1-5H2,(H,22,26)/t16-/m0/s1. The first-order valence-corrected chi connectivity index (χ1v) is 9.29. The molecule has 0 aliphatic heterocycles. The zero-order valence-electron chi connectivity index (χ0n) is 14.7. The molecule has 5 rings (SSSR count). The van der Waals surface area contributed by atoms with E-state index in [1.807, 2.05) is 6.07 Å². The van der Waals surface area contributed by atoms with Crippen molar-refractivity contribution >= 4 is 5.91 Å². The van der Waals surface area contributed by atoms with Crippen LogP contribution in [0, 0.1) is 5.82 Å². The predicted molar refractivity (Wildman–Crippen MR) is 95.1 cm³/mol. The minimum atomic E-state index is -0.307. The van der Waals surface area contributed by atoms with Crippen LogP contribution in [0.25, 0.3) is 5.69 Å². The number of furan rings is 1. The molecule has 2 aromatic heterocycles. The molecule has 1 N–H and O–H groups in total. The fourth-order valence-corrected chi connectivity index (χ4v) is 3.81. The van der Waals surface area contributed by atoms with Gasteiger partial charge in [0.15, 0.2) is 5.69 Å². The normalized spacial score (nSPS) is 18.9. The highest BCUT2D eigenvalue weighted by molar-refractivity contribution is 5.94. The number of aromatic nitrogens is 3. The van der Waals surface area contributed by atoms with Gasteiger partial charge in [0.2, 0.25) is 0 Å². The van der Waals surface area contributed by atoms with Crippen LogP contribution in [0.1, 0.15) is 65.1 Å². The maximum atomic E-state index is 13.2. The molecule has 138 valence electrons. The molecule has 0 saturated heterocycles. The van der Waals surface area contributed by atoms with Crippen molar-refractivity contribution < 1.29 is 13.6 Å². The van der Waals surface area contributed by atoms with Gasteiger partial charge >= 0.3 is 0 Å². The Balaban J connectivity index is 1.45. The summed E-state index contributed by atoms with van der Waals surface area (Å²) < 4.78 is 20.4. The average Bonchev–Trinajstić information content (AvgIpc) is 3.22. The van der Waals surface area contributed by atoms with Gasteiger partial charge in [-0.1, -0.05) is 5.21 Å². The minimum absolute atomic E-state index is 0.0666. The first kappa shape index (κ1) is 16.2. The van der Waals surface area contributed by atoms with Gasteiger partial charge < -0.3 is 9.73 Å². The van der Waals surface area contributed by atoms with Crippen LogP contribution in [0.3, 0.4) is 0 Å². The van der Waals surface area contributed by atoms with Gasteiger partial charge in [0, 0.05) is 17.9 Å². The number of hydrogen-bond donors (Lipinski definition) is 1. The Morgan fingerprint density at radius 3 is 2.78 bits per heavy atom. The number of nitrogens with one attached hydrogen (secondary N) is 1. The molecule has 1 fully saturated rings. The minimum Gasteiger partial charge on any atom is -0.469 e. The highest BCUT2D eigenvalue weighted by atomic mass is 19.1. The molecular formula is C20H19FN4O2. The van der Waals surface area contributed by atoms with Gasteiger partial charge in [-0.15, -0.1) is 5.10 Å². The lowest BCUT2D eigenvalue weighted by atomic mass is 9.93. The topological polar surface area (TPSA) is 73.0 Å². The molecule has 27 heavy (non-hydrogen) atoms. The molecule has 1 amide bonds. The Kier molecular flexibility index (Phi) is 3.81. The van der Waals surface area contributed by atoms with Crippen molar-refractivity contribution in [1.29, 1.82) is 0 Å². The number of fused-ring (bicyclic) bond motifs is 1. The molecule has 0 spiro atoms. The molecule has 3 aromatic rings. The largest absolute Gasteiger partial charge is 0.469 e. The molecule has 2 heterocycles. The lowest BCUT2D eigenvalue weighted by molar-refractivity contribution is 0.0926. The van der Waals surface area contributed by atoms with Crippen LogP contribution in [-0.2, 0) is 6.42 Å². The highest BCUT2D eigenvalue weighted by Gasteiger charge is 2.35. The van der Waals surface area contributed by atoms with Gasteiger partial charge in [0.05, 0.1) is 23.7 Å². The monoisotopic (exact) mass is 366 g/mol. The van der Waals surface area contributed by atoms with Crippen molar-refractivity contribution in [3.05, 3.63) is 65.1 Å². The Morgan fingerprint density at radius 2 is 2.00 bits per heavy atom. The van der Waals surface area contributed by atoms with Crippen LogP contribution in [0.4, 0.5) is 4.39 Å². The number of hydrogen-bond acceptors (Lipinski definition) is 4. The van der Waals surface area contributed by atoms with Gasteiger partial charge in [0.1, 0.15) is 11.6 Å². The third kappa shape index (κ3) is 2.93. The van der Waals surface area contributed by atoms with E-state index in [0.29, 0.717) is 11.4 Å². The SMILES string of the molecule is O=C(N[C@H]1CCCc2occc21)c1nnn(-c2ccc(F)cc2)c1C1CC1. The molecule has 1 saturated carbocycles. The van der Waals surface area contributed by atoms with Crippen molar-refractivity contribution in [2.24, 2.45) is 0 Å². The van der Waals surface area contributed by atoms with Crippen LogP contribution in [0.15, 0.2) is 41.0 Å². The van der Waals surface area contributed by atoms with Gasteiger partial charge in [-0.05, 0) is 56.0 Å². The third-order valence-corrected chi connectivity index (χ3v) is 5.31. The number of rotatable bonds is 4. The zero-order chi connectivity index (χ0) is 18.4. The summed E-state index contributed by atoms with van der Waals surface area (Å²) in [5, 5.41) is 11.5. The number of halogens is 1. The Bertz CT molecular complexity index is 988. The predicted octanol–water partition coefficient (Wildman–Crippen LogP) is 3.68. The number of amides is 1. The third-order valence-electron chi connectivity index (χ3n) is 5.31. The fourth-order valence-electron chi connectivity index (χ4n) is 3.81. The van der Waals surface area contributed by atoms with Gasteiger partial charge in [-0.3, -0.25) is 4.79 Å². The number of carbonyl (C=O) groups excluding carboxylic acids is 1. The van der Waals surface area contributed by atoms with E-state index in [1.54, 1.807) is 23.1 Å². The maximum absolute atomic E-state index is 13.2. The van der Waals surface area contributed by atoms with E-state index >= 15 is 0 Å². The molecule has 0 radical (unpaired) electrons. The molecule has 6 nitrogen and oxygen atoms in total. The van der Waals surface area contributed by atoms with E-state index in [-0.39, 0.29) is 23.7 Å². The lowest BCUT2D eigenvalue weighted by Crippen LogP contribution is -2.31. The highest BCUT2D eigenvalue weighted by Crippen LogP contribution is 2.42. The lowest BCUT2D eigenvalue weighted by Gasteiger charge is -2.22. The average molecular weight is 366 g/mol. The first-order chi connectivity index (χ1) is 13.2. The van der Waals surface area contributed by atoms with Gasteiger partial charge in [-0.2, -0.15) is 0 Å². The van der Waals surface area contributed by atoms with Crippen LogP contribution >= 0.6 is 0 Å². The van der Waals surface area contributed by atoms with Crippen LogP contribution in [-0.4, -0.2) is 20.9 Å². The van der Waals surface area contributed by atoms with Crippen molar-refractivity contribution in [2.45, 2.75) is 44.1 Å². The molecule has 0 unspecified atom stereocenters. The molecule has 0 bridgehead atoms. The molecule has 2 aliphatic carbocycles. The molecule has 1 aromatic carbocycles. The summed E-state index contributed by atoms with van der Waals surface area (Å²) in [6.45, 7) is 0. The summed E-state index contributed by atoms with van der Waals surface area (Å²) in [7, 11) is 0. The van der Waals surface area contributed by atoms with Crippen molar-refractivity contribution in [1.82, 2.24) is 20.3 Å².